The van der Waals surface area contributed by atoms with E-state index in [-0.39, 0.29) is 24.0 Å². The van der Waals surface area contributed by atoms with Gasteiger partial charge in [0.1, 0.15) is 6.10 Å². The zero-order valence-corrected chi connectivity index (χ0v) is 22.2. The largest absolute Gasteiger partial charge is 0.413 e. The van der Waals surface area contributed by atoms with Crippen molar-refractivity contribution in [3.8, 4) is 0 Å². The molecule has 206 valence electrons. The van der Waals surface area contributed by atoms with Crippen LogP contribution in [-0.4, -0.2) is 75.0 Å². The molecule has 6 nitrogen and oxygen atoms in total. The lowest BCUT2D eigenvalue weighted by Gasteiger charge is -2.57. The molecule has 2 bridgehead atoms. The normalized spacial score (nSPS) is 39.4. The predicted molar refractivity (Wildman–Crippen MR) is 139 cm³/mol. The highest BCUT2D eigenvalue weighted by Crippen LogP contribution is 2.70. The van der Waals surface area contributed by atoms with Gasteiger partial charge in [0.2, 0.25) is 0 Å². The van der Waals surface area contributed by atoms with Crippen molar-refractivity contribution < 1.29 is 28.1 Å². The van der Waals surface area contributed by atoms with E-state index < -0.39 is 40.6 Å². The Kier molecular flexibility index (Phi) is 5.20. The fourth-order valence-corrected chi connectivity index (χ4v) is 8.52. The first-order chi connectivity index (χ1) is 18.4. The first-order valence-corrected chi connectivity index (χ1v) is 13.6. The second-order valence-electron chi connectivity index (χ2n) is 12.5. The molecule has 2 aliphatic heterocycles. The summed E-state index contributed by atoms with van der Waals surface area (Å²) in [6.07, 6.45) is 0.108. The number of aliphatic hydroxyl groups is 2. The molecular weight excluding hydrogens is 507 g/mol. The number of alkyl halides is 3. The summed E-state index contributed by atoms with van der Waals surface area (Å²) in [6, 6.07) is 7.32. The highest BCUT2D eigenvalue weighted by atomic mass is 19.4. The lowest BCUT2D eigenvalue weighted by molar-refractivity contribution is -0.170. The molecule has 0 amide bonds. The SMILES string of the molecule is CN(C)C1CC23CCC4(O2)C(=C(C(F)(F)F)CC2(C)C(c5ccc6ccnnc6c5)=CCC24)C=C3C(O)C1O. The van der Waals surface area contributed by atoms with Gasteiger partial charge in [-0.25, -0.2) is 0 Å². The van der Waals surface area contributed by atoms with Gasteiger partial charge in [-0.2, -0.15) is 23.4 Å². The van der Waals surface area contributed by atoms with E-state index in [1.807, 2.05) is 50.2 Å². The minimum absolute atomic E-state index is 0.147. The van der Waals surface area contributed by atoms with Crippen molar-refractivity contribution in [2.45, 2.75) is 74.7 Å². The van der Waals surface area contributed by atoms with Gasteiger partial charge in [-0.1, -0.05) is 31.2 Å². The van der Waals surface area contributed by atoms with Gasteiger partial charge in [-0.05, 0) is 80.6 Å². The number of fused-ring (bicyclic) bond motifs is 2. The summed E-state index contributed by atoms with van der Waals surface area (Å²) in [5.74, 6) is -0.197. The molecule has 3 aliphatic carbocycles. The maximum Gasteiger partial charge on any atom is 0.413 e. The molecule has 2 aromatic rings. The minimum atomic E-state index is -4.56. The van der Waals surface area contributed by atoms with Gasteiger partial charge in [-0.15, -0.1) is 0 Å². The molecule has 9 heteroatoms. The molecule has 3 heterocycles. The molecule has 5 aliphatic rings. The Morgan fingerprint density at radius 2 is 1.92 bits per heavy atom. The number of allylic oxidation sites excluding steroid dienone is 3. The van der Waals surface area contributed by atoms with Crippen LogP contribution in [-0.2, 0) is 4.74 Å². The van der Waals surface area contributed by atoms with E-state index in [1.54, 1.807) is 12.3 Å². The number of halogens is 3. The average molecular weight is 540 g/mol. The summed E-state index contributed by atoms with van der Waals surface area (Å²) >= 11 is 0. The summed E-state index contributed by atoms with van der Waals surface area (Å²) in [7, 11) is 3.68. The zero-order chi connectivity index (χ0) is 27.5. The van der Waals surface area contributed by atoms with Crippen molar-refractivity contribution in [2.24, 2.45) is 11.3 Å². The van der Waals surface area contributed by atoms with Crippen LogP contribution >= 0.6 is 0 Å². The number of nitrogens with zero attached hydrogens (tertiary/aromatic N) is 3. The molecule has 7 atom stereocenters. The van der Waals surface area contributed by atoms with Crippen LogP contribution in [0.5, 0.6) is 0 Å². The molecule has 39 heavy (non-hydrogen) atoms. The molecule has 1 saturated carbocycles. The van der Waals surface area contributed by atoms with Gasteiger partial charge in [0, 0.05) is 28.3 Å². The molecule has 1 aromatic carbocycles. The topological polar surface area (TPSA) is 78.7 Å². The Balaban J connectivity index is 1.39. The standard InChI is InChI=1S/C30H32F3N3O3/c1-27-14-21(30(31,32)33)19-13-20-25(37)26(38)23(36(2)3)15-28(20)9-10-29(19,39-28)24(27)7-6-18(27)17-5-4-16-8-11-34-35-22(16)12-17/h4-6,8,11-13,23-26,37-38H,7,9-10,14-15H2,1-3H3. The number of rotatable bonds is 2. The number of aliphatic hydroxyl groups excluding tert-OH is 2. The van der Waals surface area contributed by atoms with Crippen molar-refractivity contribution in [3.05, 3.63) is 64.9 Å². The van der Waals surface area contributed by atoms with E-state index in [4.69, 9.17) is 4.74 Å². The van der Waals surface area contributed by atoms with E-state index in [1.165, 1.54) is 0 Å². The number of hydrogen-bond donors (Lipinski definition) is 2. The third-order valence-electron chi connectivity index (χ3n) is 10.3. The summed E-state index contributed by atoms with van der Waals surface area (Å²) in [6.45, 7) is 1.95. The maximum atomic E-state index is 14.9. The summed E-state index contributed by atoms with van der Waals surface area (Å²) in [4.78, 5) is 1.86. The second-order valence-corrected chi connectivity index (χ2v) is 12.5. The lowest BCUT2D eigenvalue weighted by atomic mass is 9.56. The van der Waals surface area contributed by atoms with E-state index in [0.717, 1.165) is 16.5 Å². The third kappa shape index (κ3) is 3.30. The Morgan fingerprint density at radius 3 is 2.67 bits per heavy atom. The maximum absolute atomic E-state index is 14.9. The molecule has 1 aromatic heterocycles. The van der Waals surface area contributed by atoms with E-state index >= 15 is 0 Å². The lowest BCUT2D eigenvalue weighted by Crippen LogP contribution is -2.62. The van der Waals surface area contributed by atoms with E-state index in [0.29, 0.717) is 36.8 Å². The van der Waals surface area contributed by atoms with Crippen molar-refractivity contribution in [3.63, 3.8) is 0 Å². The first kappa shape index (κ1) is 25.4. The summed E-state index contributed by atoms with van der Waals surface area (Å²) in [5, 5.41) is 31.2. The van der Waals surface area contributed by atoms with Crippen molar-refractivity contribution in [1.82, 2.24) is 15.1 Å². The van der Waals surface area contributed by atoms with Crippen LogP contribution in [0.4, 0.5) is 13.2 Å². The first-order valence-electron chi connectivity index (χ1n) is 13.6. The third-order valence-corrected chi connectivity index (χ3v) is 10.3. The quantitative estimate of drug-likeness (QED) is 0.582. The highest BCUT2D eigenvalue weighted by Gasteiger charge is 2.69. The van der Waals surface area contributed by atoms with E-state index in [2.05, 4.69) is 16.3 Å². The molecule has 7 rings (SSSR count). The second kappa shape index (κ2) is 8.00. The molecule has 7 unspecified atom stereocenters. The fraction of sp³-hybridized carbons (Fsp3) is 0.533. The molecule has 2 N–H and O–H groups in total. The molecule has 0 radical (unpaired) electrons. The molecule has 2 fully saturated rings. The van der Waals surface area contributed by atoms with Crippen LogP contribution in [0.25, 0.3) is 16.5 Å². The van der Waals surface area contributed by atoms with Gasteiger partial charge in [0.05, 0.1) is 29.0 Å². The van der Waals surface area contributed by atoms with Gasteiger partial charge in [0.15, 0.2) is 0 Å². The predicted octanol–water partition coefficient (Wildman–Crippen LogP) is 4.59. The molecule has 2 spiro atoms. The highest BCUT2D eigenvalue weighted by molar-refractivity contribution is 5.85. The number of ether oxygens (including phenoxy) is 1. The fourth-order valence-electron chi connectivity index (χ4n) is 8.52. The molecular formula is C30H32F3N3O3. The smallest absolute Gasteiger partial charge is 0.388 e. The number of aromatic nitrogens is 2. The molecule has 1 saturated heterocycles. The van der Waals surface area contributed by atoms with Crippen LogP contribution in [0.3, 0.4) is 0 Å². The number of likely N-dealkylation sites (N-methyl/N-ethyl adjacent to an activating group) is 1. The monoisotopic (exact) mass is 539 g/mol. The average Bonchev–Trinajstić information content (AvgIpc) is 3.40. The Labute approximate surface area is 224 Å². The van der Waals surface area contributed by atoms with Gasteiger partial charge < -0.3 is 19.8 Å². The Bertz CT molecular complexity index is 1480. The van der Waals surface area contributed by atoms with Crippen LogP contribution < -0.4 is 0 Å². The van der Waals surface area contributed by atoms with Crippen LogP contribution in [0, 0.1) is 11.3 Å². The van der Waals surface area contributed by atoms with Crippen molar-refractivity contribution >= 4 is 16.5 Å². The zero-order valence-electron chi connectivity index (χ0n) is 22.2. The summed E-state index contributed by atoms with van der Waals surface area (Å²) in [5.41, 5.74) is -0.422. The van der Waals surface area contributed by atoms with Crippen molar-refractivity contribution in [1.29, 1.82) is 0 Å². The van der Waals surface area contributed by atoms with Crippen LogP contribution in [0.15, 0.2) is 59.3 Å². The Morgan fingerprint density at radius 1 is 1.13 bits per heavy atom. The summed E-state index contributed by atoms with van der Waals surface area (Å²) < 4.78 is 51.5. The van der Waals surface area contributed by atoms with E-state index in [9.17, 15) is 23.4 Å². The number of benzene rings is 1. The van der Waals surface area contributed by atoms with Crippen molar-refractivity contribution in [2.75, 3.05) is 14.1 Å². The van der Waals surface area contributed by atoms with Gasteiger partial charge >= 0.3 is 6.18 Å². The Hall–Kier alpha value is -2.59. The van der Waals surface area contributed by atoms with Gasteiger partial charge in [-0.3, -0.25) is 0 Å². The van der Waals surface area contributed by atoms with Crippen LogP contribution in [0.1, 0.15) is 44.6 Å². The number of hydrogen-bond acceptors (Lipinski definition) is 6. The minimum Gasteiger partial charge on any atom is -0.388 e. The van der Waals surface area contributed by atoms with Gasteiger partial charge in [0.25, 0.3) is 0 Å². The van der Waals surface area contributed by atoms with Crippen LogP contribution in [0.2, 0.25) is 0 Å².